The van der Waals surface area contributed by atoms with Crippen LogP contribution in [0.3, 0.4) is 0 Å². The van der Waals surface area contributed by atoms with E-state index in [0.717, 1.165) is 56.4 Å². The highest BCUT2D eigenvalue weighted by Crippen LogP contribution is 2.27. The summed E-state index contributed by atoms with van der Waals surface area (Å²) in [6.07, 6.45) is 4.41. The van der Waals surface area contributed by atoms with Crippen LogP contribution in [0.15, 0.2) is 23.0 Å². The number of pyridine rings is 1. The molecule has 0 N–H and O–H groups in total. The van der Waals surface area contributed by atoms with Crippen molar-refractivity contribution in [2.45, 2.75) is 39.2 Å². The first-order chi connectivity index (χ1) is 13.2. The molecule has 7 heteroatoms. The maximum atomic E-state index is 11.7. The zero-order valence-corrected chi connectivity index (χ0v) is 15.7. The quantitative estimate of drug-likeness (QED) is 0.825. The van der Waals surface area contributed by atoms with E-state index in [1.165, 1.54) is 23.1 Å². The minimum atomic E-state index is -0.0724. The van der Waals surface area contributed by atoms with E-state index in [1.807, 2.05) is 13.0 Å². The molecule has 1 aliphatic carbocycles. The van der Waals surface area contributed by atoms with Crippen LogP contribution in [0.4, 0.5) is 11.6 Å². The van der Waals surface area contributed by atoms with E-state index >= 15 is 0 Å². The molecule has 1 fully saturated rings. The van der Waals surface area contributed by atoms with Crippen molar-refractivity contribution in [3.8, 4) is 6.07 Å². The average Bonchev–Trinajstić information content (AvgIpc) is 2.73. The molecule has 0 saturated carbocycles. The minimum Gasteiger partial charge on any atom is -0.352 e. The first-order valence-corrected chi connectivity index (χ1v) is 9.70. The van der Waals surface area contributed by atoms with Gasteiger partial charge >= 0.3 is 0 Å². The highest BCUT2D eigenvalue weighted by atomic mass is 16.1. The molecular formula is C20H24N6O. The molecule has 1 aliphatic heterocycles. The van der Waals surface area contributed by atoms with Crippen LogP contribution in [0.2, 0.25) is 0 Å². The lowest BCUT2D eigenvalue weighted by Crippen LogP contribution is -2.48. The van der Waals surface area contributed by atoms with E-state index in [2.05, 4.69) is 21.0 Å². The Bertz CT molecular complexity index is 936. The number of nitrogens with zero attached hydrogens (tertiary/aromatic N) is 6. The van der Waals surface area contributed by atoms with E-state index in [4.69, 9.17) is 4.98 Å². The molecule has 2 aromatic rings. The summed E-state index contributed by atoms with van der Waals surface area (Å²) in [5.41, 5.74) is 3.01. The van der Waals surface area contributed by atoms with E-state index < -0.39 is 0 Å². The SMILES string of the molecule is CCn1nc(N2CCN(c3nc4c(cc3C#N)CCCC4)CC2)ccc1=O. The van der Waals surface area contributed by atoms with Crippen LogP contribution in [-0.2, 0) is 19.4 Å². The van der Waals surface area contributed by atoms with Crippen molar-refractivity contribution in [2.75, 3.05) is 36.0 Å². The number of rotatable bonds is 3. The summed E-state index contributed by atoms with van der Waals surface area (Å²) in [4.78, 5) is 21.0. The summed E-state index contributed by atoms with van der Waals surface area (Å²) in [5, 5.41) is 14.0. The number of fused-ring (bicyclic) bond motifs is 1. The van der Waals surface area contributed by atoms with Gasteiger partial charge in [-0.15, -0.1) is 0 Å². The lowest BCUT2D eigenvalue weighted by molar-refractivity contribution is 0.586. The van der Waals surface area contributed by atoms with Gasteiger partial charge in [-0.25, -0.2) is 9.67 Å². The topological polar surface area (TPSA) is 78.1 Å². The summed E-state index contributed by atoms with van der Waals surface area (Å²) in [5.74, 6) is 1.65. The van der Waals surface area contributed by atoms with Gasteiger partial charge in [0, 0.05) is 44.5 Å². The Hall–Kier alpha value is -2.88. The third-order valence-corrected chi connectivity index (χ3v) is 5.46. The van der Waals surface area contributed by atoms with Gasteiger partial charge in [-0.3, -0.25) is 4.79 Å². The van der Waals surface area contributed by atoms with Crippen LogP contribution < -0.4 is 15.4 Å². The highest BCUT2D eigenvalue weighted by molar-refractivity contribution is 5.57. The van der Waals surface area contributed by atoms with Gasteiger partial charge in [-0.05, 0) is 50.3 Å². The second-order valence-electron chi connectivity index (χ2n) is 7.10. The second-order valence-corrected chi connectivity index (χ2v) is 7.10. The van der Waals surface area contributed by atoms with E-state index in [-0.39, 0.29) is 5.56 Å². The molecule has 0 unspecified atom stereocenters. The lowest BCUT2D eigenvalue weighted by atomic mass is 9.95. The van der Waals surface area contributed by atoms with Gasteiger partial charge in [0.1, 0.15) is 17.7 Å². The molecule has 1 saturated heterocycles. The molecular weight excluding hydrogens is 340 g/mol. The van der Waals surface area contributed by atoms with E-state index in [1.54, 1.807) is 12.1 Å². The second kappa shape index (κ2) is 7.39. The monoisotopic (exact) mass is 364 g/mol. The first-order valence-electron chi connectivity index (χ1n) is 9.70. The average molecular weight is 364 g/mol. The van der Waals surface area contributed by atoms with E-state index in [9.17, 15) is 10.1 Å². The molecule has 4 rings (SSSR count). The number of aryl methyl sites for hydroxylation is 3. The van der Waals surface area contributed by atoms with Gasteiger partial charge in [0.2, 0.25) is 0 Å². The van der Waals surface area contributed by atoms with Gasteiger partial charge in [0.25, 0.3) is 5.56 Å². The van der Waals surface area contributed by atoms with Crippen molar-refractivity contribution in [3.63, 3.8) is 0 Å². The molecule has 0 bridgehead atoms. The Labute approximate surface area is 158 Å². The number of piperazine rings is 1. The third kappa shape index (κ3) is 3.39. The van der Waals surface area contributed by atoms with Crippen molar-refractivity contribution in [3.05, 3.63) is 45.4 Å². The van der Waals surface area contributed by atoms with Crippen molar-refractivity contribution in [2.24, 2.45) is 0 Å². The van der Waals surface area contributed by atoms with Crippen molar-refractivity contribution < 1.29 is 0 Å². The fourth-order valence-electron chi connectivity index (χ4n) is 3.93. The van der Waals surface area contributed by atoms with Crippen molar-refractivity contribution >= 4 is 11.6 Å². The van der Waals surface area contributed by atoms with E-state index in [0.29, 0.717) is 12.1 Å². The number of aromatic nitrogens is 3. The Morgan fingerprint density at radius 3 is 2.59 bits per heavy atom. The van der Waals surface area contributed by atoms with Gasteiger partial charge in [-0.2, -0.15) is 10.4 Å². The Balaban J connectivity index is 1.53. The predicted molar refractivity (Wildman–Crippen MR) is 104 cm³/mol. The van der Waals surface area contributed by atoms with Crippen LogP contribution in [0.1, 0.15) is 36.6 Å². The third-order valence-electron chi connectivity index (χ3n) is 5.46. The summed E-state index contributed by atoms with van der Waals surface area (Å²) in [7, 11) is 0. The normalized spacial score (nSPS) is 16.7. The fraction of sp³-hybridized carbons (Fsp3) is 0.500. The first kappa shape index (κ1) is 17.5. The van der Waals surface area contributed by atoms with Crippen LogP contribution in [-0.4, -0.2) is 40.9 Å². The lowest BCUT2D eigenvalue weighted by Gasteiger charge is -2.36. The molecule has 2 aromatic heterocycles. The maximum Gasteiger partial charge on any atom is 0.266 e. The maximum absolute atomic E-state index is 11.7. The van der Waals surface area contributed by atoms with Crippen LogP contribution in [0.25, 0.3) is 0 Å². The summed E-state index contributed by atoms with van der Waals surface area (Å²) < 4.78 is 1.49. The van der Waals surface area contributed by atoms with Gasteiger partial charge in [0.05, 0.1) is 5.56 Å². The standard InChI is InChI=1S/C20H24N6O/c1-2-26-19(27)8-7-18(23-26)24-9-11-25(12-10-24)20-16(14-21)13-15-5-3-4-6-17(15)22-20/h7-8,13H,2-6,9-12H2,1H3. The van der Waals surface area contributed by atoms with Crippen molar-refractivity contribution in [1.82, 2.24) is 14.8 Å². The van der Waals surface area contributed by atoms with Gasteiger partial charge < -0.3 is 9.80 Å². The Morgan fingerprint density at radius 2 is 1.85 bits per heavy atom. The molecule has 27 heavy (non-hydrogen) atoms. The molecule has 0 radical (unpaired) electrons. The highest BCUT2D eigenvalue weighted by Gasteiger charge is 2.24. The Kier molecular flexibility index (Phi) is 4.80. The van der Waals surface area contributed by atoms with Crippen LogP contribution in [0.5, 0.6) is 0 Å². The van der Waals surface area contributed by atoms with Gasteiger partial charge in [0.15, 0.2) is 0 Å². The zero-order chi connectivity index (χ0) is 18.8. The molecule has 2 aliphatic rings. The van der Waals surface area contributed by atoms with Crippen LogP contribution in [0, 0.1) is 11.3 Å². The number of hydrogen-bond acceptors (Lipinski definition) is 6. The summed E-state index contributed by atoms with van der Waals surface area (Å²) in [6.45, 7) is 5.64. The smallest absolute Gasteiger partial charge is 0.266 e. The van der Waals surface area contributed by atoms with Crippen molar-refractivity contribution in [1.29, 1.82) is 5.26 Å². The predicted octanol–water partition coefficient (Wildman–Crippen LogP) is 1.74. The number of nitriles is 1. The Morgan fingerprint density at radius 1 is 1.11 bits per heavy atom. The summed E-state index contributed by atoms with van der Waals surface area (Å²) >= 11 is 0. The molecule has 3 heterocycles. The number of hydrogen-bond donors (Lipinski definition) is 0. The molecule has 140 valence electrons. The molecule has 7 nitrogen and oxygen atoms in total. The largest absolute Gasteiger partial charge is 0.352 e. The summed E-state index contributed by atoms with van der Waals surface area (Å²) in [6, 6.07) is 7.76. The fourth-order valence-corrected chi connectivity index (χ4v) is 3.93. The molecule has 0 amide bonds. The minimum absolute atomic E-state index is 0.0724. The molecule has 0 aromatic carbocycles. The molecule has 0 spiro atoms. The molecule has 0 atom stereocenters. The van der Waals surface area contributed by atoms with Crippen LogP contribution >= 0.6 is 0 Å². The van der Waals surface area contributed by atoms with Gasteiger partial charge in [-0.1, -0.05) is 0 Å². The number of anilines is 2. The zero-order valence-electron chi connectivity index (χ0n) is 15.7.